The molecule has 4 aromatic rings. The lowest BCUT2D eigenvalue weighted by Gasteiger charge is -2.27. The monoisotopic (exact) mass is 419 g/mol. The van der Waals surface area contributed by atoms with Crippen LogP contribution in [-0.4, -0.2) is 26.4 Å². The van der Waals surface area contributed by atoms with Gasteiger partial charge in [0.25, 0.3) is 4.83 Å². The van der Waals surface area contributed by atoms with Gasteiger partial charge in [-0.15, -0.1) is 0 Å². The van der Waals surface area contributed by atoms with E-state index in [9.17, 15) is 14.7 Å². The van der Waals surface area contributed by atoms with Crippen LogP contribution in [0.4, 0.5) is 26.8 Å². The Labute approximate surface area is 173 Å². The van der Waals surface area contributed by atoms with E-state index < -0.39 is 21.8 Å². The molecule has 1 atom stereocenters. The number of thiophene rings is 1. The molecule has 0 radical (unpaired) electrons. The van der Waals surface area contributed by atoms with Gasteiger partial charge < -0.3 is 15.2 Å². The van der Waals surface area contributed by atoms with E-state index in [4.69, 9.17) is 4.74 Å². The molecule has 0 spiro atoms. The average molecular weight is 419 g/mol. The topological polar surface area (TPSA) is 105 Å². The van der Waals surface area contributed by atoms with E-state index in [1.54, 1.807) is 24.4 Å². The molecular weight excluding hydrogens is 404 g/mol. The molecule has 30 heavy (non-hydrogen) atoms. The minimum absolute atomic E-state index is 0.299. The number of urea groups is 1. The zero-order valence-electron chi connectivity index (χ0n) is 15.7. The number of pyridine rings is 2. The fourth-order valence-corrected chi connectivity index (χ4v) is 4.81. The summed E-state index contributed by atoms with van der Waals surface area (Å²) in [5, 5.41) is 13.4. The molecule has 8 nitrogen and oxygen atoms in total. The third-order valence-electron chi connectivity index (χ3n) is 4.76. The van der Waals surface area contributed by atoms with Gasteiger partial charge in [0.1, 0.15) is 27.3 Å². The van der Waals surface area contributed by atoms with E-state index in [1.807, 2.05) is 31.2 Å². The first-order valence-corrected chi connectivity index (χ1v) is 10.3. The second-order valence-corrected chi connectivity index (χ2v) is 8.25. The second kappa shape index (κ2) is 6.82. The van der Waals surface area contributed by atoms with Crippen LogP contribution in [0, 0.1) is 6.92 Å². The maximum atomic E-state index is 13.0. The summed E-state index contributed by atoms with van der Waals surface area (Å²) in [5.74, 6) is 1.35. The molecule has 2 N–H and O–H groups in total. The zero-order chi connectivity index (χ0) is 20.8. The second-order valence-electron chi connectivity index (χ2n) is 6.60. The highest BCUT2D eigenvalue weighted by molar-refractivity contribution is 7.54. The van der Waals surface area contributed by atoms with Gasteiger partial charge in [-0.3, -0.25) is 0 Å². The maximum Gasteiger partial charge on any atom is 0.554 e. The molecule has 9 heteroatoms. The molecule has 1 aliphatic rings. The van der Waals surface area contributed by atoms with Gasteiger partial charge in [0.15, 0.2) is 16.9 Å². The van der Waals surface area contributed by atoms with Gasteiger partial charge in [0.05, 0.1) is 5.69 Å². The molecule has 0 saturated heterocycles. The van der Waals surface area contributed by atoms with Crippen LogP contribution < -0.4 is 15.0 Å². The molecule has 0 aliphatic carbocycles. The van der Waals surface area contributed by atoms with E-state index in [0.29, 0.717) is 38.9 Å². The molecule has 1 unspecified atom stereocenters. The number of amides is 2. The molecule has 0 bridgehead atoms. The average Bonchev–Trinajstić information content (AvgIpc) is 3.11. The van der Waals surface area contributed by atoms with Gasteiger partial charge >= 0.3 is 11.3 Å². The van der Waals surface area contributed by atoms with Gasteiger partial charge in [-0.05, 0) is 36.8 Å². The van der Waals surface area contributed by atoms with Crippen molar-refractivity contribution in [2.24, 2.45) is 0 Å². The highest BCUT2D eigenvalue weighted by Crippen LogP contribution is 2.48. The van der Waals surface area contributed by atoms with E-state index in [1.165, 1.54) is 16.5 Å². The number of rotatable bonds is 4. The van der Waals surface area contributed by atoms with Gasteiger partial charge in [0, 0.05) is 12.4 Å². The number of para-hydroxylation sites is 1. The Bertz CT molecular complexity index is 1330. The quantitative estimate of drug-likeness (QED) is 0.412. The smallest absolute Gasteiger partial charge is 0.453 e. The lowest BCUT2D eigenvalue weighted by molar-refractivity contribution is 0.221. The Hall–Kier alpha value is -3.98. The van der Waals surface area contributed by atoms with E-state index in [-0.39, 0.29) is 0 Å². The molecular formula is C21H15N4O4S+. The van der Waals surface area contributed by atoms with Gasteiger partial charge in [-0.1, -0.05) is 18.2 Å². The number of ether oxygens (including phenoxy) is 1. The Morgan fingerprint density at radius 2 is 1.90 bits per heavy atom. The Kier molecular flexibility index (Phi) is 4.11. The van der Waals surface area contributed by atoms with Gasteiger partial charge in [0.2, 0.25) is 0 Å². The van der Waals surface area contributed by atoms with Crippen LogP contribution in [0.2, 0.25) is 0 Å². The van der Waals surface area contributed by atoms with Crippen molar-refractivity contribution in [1.29, 1.82) is 0 Å². The first-order valence-electron chi connectivity index (χ1n) is 9.01. The Morgan fingerprint density at radius 3 is 2.70 bits per heavy atom. The van der Waals surface area contributed by atoms with Crippen molar-refractivity contribution in [3.63, 3.8) is 0 Å². The molecule has 1 aromatic carbocycles. The lowest BCUT2D eigenvalue weighted by Crippen LogP contribution is -2.34. The highest BCUT2D eigenvalue weighted by atomic mass is 32.2. The standard InChI is InChI=1S/C21H14N4O4S/c1-12-5-2-3-6-15(12)29-16-7-4-9-22-18(16)25-14-8-10-23-19-17(14)13(24-20(25)26)11-30(19)21(27)28/h2-11H,1H3,(H-,24,26,27,28)/p+1. The third kappa shape index (κ3) is 2.75. The number of carboxylic acid groups (broad SMARTS) is 1. The number of aryl methyl sites for hydroxylation is 1. The number of carbonyl (C=O) groups is 2. The van der Waals surface area contributed by atoms with Gasteiger partial charge in [-0.25, -0.2) is 19.7 Å². The Balaban J connectivity index is 1.68. The van der Waals surface area contributed by atoms with Crippen LogP contribution in [0.3, 0.4) is 0 Å². The summed E-state index contributed by atoms with van der Waals surface area (Å²) in [6, 6.07) is 12.2. The Morgan fingerprint density at radius 1 is 1.10 bits per heavy atom. The third-order valence-corrected chi connectivity index (χ3v) is 6.33. The van der Waals surface area contributed by atoms with Crippen LogP contribution in [0.15, 0.2) is 60.2 Å². The molecule has 0 saturated carbocycles. The van der Waals surface area contributed by atoms with Crippen LogP contribution in [0.25, 0.3) is 10.2 Å². The van der Waals surface area contributed by atoms with Crippen molar-refractivity contribution in [1.82, 2.24) is 9.97 Å². The van der Waals surface area contributed by atoms with Crippen molar-refractivity contribution < 1.29 is 19.4 Å². The number of hydrogen-bond donors (Lipinski definition) is 2. The van der Waals surface area contributed by atoms with Crippen molar-refractivity contribution in [3.8, 4) is 11.5 Å². The highest BCUT2D eigenvalue weighted by Gasteiger charge is 2.37. The largest absolute Gasteiger partial charge is 0.554 e. The fraction of sp³-hybridized carbons (Fsp3) is 0.0476. The number of benzene rings is 1. The van der Waals surface area contributed by atoms with E-state index in [2.05, 4.69) is 15.3 Å². The van der Waals surface area contributed by atoms with Crippen LogP contribution in [0.1, 0.15) is 5.56 Å². The lowest BCUT2D eigenvalue weighted by atomic mass is 10.2. The summed E-state index contributed by atoms with van der Waals surface area (Å²) in [6.45, 7) is 1.93. The van der Waals surface area contributed by atoms with Crippen molar-refractivity contribution >= 4 is 49.2 Å². The number of anilines is 3. The van der Waals surface area contributed by atoms with Crippen molar-refractivity contribution in [2.45, 2.75) is 6.92 Å². The summed E-state index contributed by atoms with van der Waals surface area (Å²) < 4.78 is 6.08. The number of carbonyl (C=O) groups excluding carboxylic acids is 1. The SMILES string of the molecule is Cc1ccccc1Oc1cccnc1N1C(=O)Nc2c[s+](C(=O)O)c3nccc1c23. The minimum Gasteiger partial charge on any atom is -0.453 e. The number of hydrogen-bond acceptors (Lipinski definition) is 5. The summed E-state index contributed by atoms with van der Waals surface area (Å²) >= 11 is 0. The summed E-state index contributed by atoms with van der Waals surface area (Å²) in [5.41, 5.74) is 1.91. The van der Waals surface area contributed by atoms with Crippen LogP contribution >= 0.6 is 10.5 Å². The maximum absolute atomic E-state index is 13.0. The fourth-order valence-electron chi connectivity index (χ4n) is 3.41. The first-order chi connectivity index (χ1) is 14.5. The molecule has 3 aromatic heterocycles. The van der Waals surface area contributed by atoms with Crippen LogP contribution in [0.5, 0.6) is 11.5 Å². The van der Waals surface area contributed by atoms with E-state index in [0.717, 1.165) is 5.56 Å². The first kappa shape index (κ1) is 18.1. The summed E-state index contributed by atoms with van der Waals surface area (Å²) in [4.78, 5) is 35.1. The number of aromatic nitrogens is 2. The molecule has 0 fully saturated rings. The molecule has 5 rings (SSSR count). The van der Waals surface area contributed by atoms with Crippen molar-refractivity contribution in [2.75, 3.05) is 10.2 Å². The zero-order valence-corrected chi connectivity index (χ0v) is 16.5. The van der Waals surface area contributed by atoms with Gasteiger partial charge in [-0.2, -0.15) is 4.79 Å². The number of nitrogens with one attached hydrogen (secondary N) is 1. The number of nitrogens with zero attached hydrogens (tertiary/aromatic N) is 3. The molecule has 148 valence electrons. The van der Waals surface area contributed by atoms with Crippen molar-refractivity contribution in [3.05, 3.63) is 65.8 Å². The predicted molar refractivity (Wildman–Crippen MR) is 114 cm³/mol. The summed E-state index contributed by atoms with van der Waals surface area (Å²) in [6.07, 6.45) is 3.08. The minimum atomic E-state index is -1.23. The molecule has 1 aliphatic heterocycles. The molecule has 2 amide bonds. The summed E-state index contributed by atoms with van der Waals surface area (Å²) in [7, 11) is -1.23. The molecule has 4 heterocycles. The normalized spacial score (nSPS) is 13.3. The predicted octanol–water partition coefficient (Wildman–Crippen LogP) is 5.69. The van der Waals surface area contributed by atoms with E-state index >= 15 is 0 Å². The van der Waals surface area contributed by atoms with Crippen LogP contribution in [-0.2, 0) is 0 Å².